The van der Waals surface area contributed by atoms with E-state index in [1.807, 2.05) is 0 Å². The number of alkyl halides is 3. The fourth-order valence-corrected chi connectivity index (χ4v) is 2.09. The molecule has 0 aromatic heterocycles. The molecule has 96 valence electrons. The zero-order chi connectivity index (χ0) is 13.4. The summed E-state index contributed by atoms with van der Waals surface area (Å²) in [6.45, 7) is 4.65. The summed E-state index contributed by atoms with van der Waals surface area (Å²) in [4.78, 5) is 0. The van der Waals surface area contributed by atoms with Gasteiger partial charge in [-0.25, -0.2) is 0 Å². The minimum Gasteiger partial charge on any atom is -0.319 e. The van der Waals surface area contributed by atoms with Gasteiger partial charge >= 0.3 is 6.18 Å². The summed E-state index contributed by atoms with van der Waals surface area (Å²) in [7, 11) is 0. The Balaban J connectivity index is 3.26. The lowest BCUT2D eigenvalue weighted by atomic mass is 9.77. The Bertz CT molecular complexity index is 413. The molecule has 5 heteroatoms. The molecule has 0 aliphatic heterocycles. The smallest absolute Gasteiger partial charge is 0.319 e. The molecule has 1 nitrogen and oxygen atoms in total. The van der Waals surface area contributed by atoms with E-state index in [9.17, 15) is 13.2 Å². The van der Waals surface area contributed by atoms with Crippen molar-refractivity contribution in [3.63, 3.8) is 0 Å². The highest BCUT2D eigenvalue weighted by atomic mass is 35.5. The van der Waals surface area contributed by atoms with Gasteiger partial charge in [0.05, 0.1) is 0 Å². The third kappa shape index (κ3) is 2.75. The predicted octanol–water partition coefficient (Wildman–Crippen LogP) is 3.82. The highest BCUT2D eigenvalue weighted by molar-refractivity contribution is 6.32. The molecule has 0 bridgehead atoms. The van der Waals surface area contributed by atoms with E-state index in [1.165, 1.54) is 13.8 Å². The van der Waals surface area contributed by atoms with Crippen molar-refractivity contribution < 1.29 is 13.2 Å². The Morgan fingerprint density at radius 3 is 2.24 bits per heavy atom. The molecule has 1 aromatic rings. The first kappa shape index (κ1) is 14.3. The molecule has 0 spiro atoms. The van der Waals surface area contributed by atoms with Crippen molar-refractivity contribution in [1.29, 1.82) is 0 Å². The summed E-state index contributed by atoms with van der Waals surface area (Å²) in [6.07, 6.45) is -4.45. The number of rotatable bonds is 2. The summed E-state index contributed by atoms with van der Waals surface area (Å²) in [6, 6.07) is 3.07. The van der Waals surface area contributed by atoms with Crippen molar-refractivity contribution in [3.8, 4) is 0 Å². The van der Waals surface area contributed by atoms with Gasteiger partial charge in [0.2, 0.25) is 0 Å². The maximum atomic E-state index is 12.7. The Morgan fingerprint density at radius 1 is 1.24 bits per heavy atom. The third-order valence-electron chi connectivity index (χ3n) is 3.02. The summed E-state index contributed by atoms with van der Waals surface area (Å²) >= 11 is 6.05. The van der Waals surface area contributed by atoms with Gasteiger partial charge in [0.25, 0.3) is 0 Å². The number of halogens is 4. The number of benzene rings is 1. The molecule has 0 fully saturated rings. The van der Waals surface area contributed by atoms with Crippen LogP contribution in [0.25, 0.3) is 0 Å². The first-order chi connectivity index (χ1) is 7.58. The molecule has 0 saturated heterocycles. The lowest BCUT2D eigenvalue weighted by molar-refractivity contribution is -0.160. The highest BCUT2D eigenvalue weighted by Crippen LogP contribution is 2.39. The van der Waals surface area contributed by atoms with E-state index in [0.717, 1.165) is 5.56 Å². The van der Waals surface area contributed by atoms with Crippen LogP contribution in [0.2, 0.25) is 5.02 Å². The van der Waals surface area contributed by atoms with Gasteiger partial charge in [0.1, 0.15) is 6.04 Å². The zero-order valence-corrected chi connectivity index (χ0v) is 10.7. The molecule has 0 aliphatic rings. The van der Waals surface area contributed by atoms with E-state index in [0.29, 0.717) is 10.6 Å². The van der Waals surface area contributed by atoms with Gasteiger partial charge in [0.15, 0.2) is 0 Å². The summed E-state index contributed by atoms with van der Waals surface area (Å²) in [5.41, 5.74) is 5.20. The molecule has 1 atom stereocenters. The fourth-order valence-electron chi connectivity index (χ4n) is 1.72. The van der Waals surface area contributed by atoms with Crippen LogP contribution in [0.15, 0.2) is 18.2 Å². The van der Waals surface area contributed by atoms with Crippen molar-refractivity contribution in [2.75, 3.05) is 0 Å². The largest absolute Gasteiger partial charge is 0.404 e. The summed E-state index contributed by atoms with van der Waals surface area (Å²) in [5.74, 6) is 0. The van der Waals surface area contributed by atoms with Crippen LogP contribution >= 0.6 is 11.6 Å². The van der Waals surface area contributed by atoms with Gasteiger partial charge in [-0.15, -0.1) is 0 Å². The second-order valence-corrected chi connectivity index (χ2v) is 5.06. The number of hydrogen-bond donors (Lipinski definition) is 1. The van der Waals surface area contributed by atoms with Crippen LogP contribution in [-0.2, 0) is 5.41 Å². The average molecular weight is 266 g/mol. The second-order valence-electron chi connectivity index (χ2n) is 4.68. The van der Waals surface area contributed by atoms with Crippen LogP contribution in [0, 0.1) is 6.92 Å². The molecule has 0 radical (unpaired) electrons. The van der Waals surface area contributed by atoms with E-state index in [1.54, 1.807) is 25.1 Å². The molecule has 0 aliphatic carbocycles. The van der Waals surface area contributed by atoms with E-state index in [2.05, 4.69) is 0 Å². The quantitative estimate of drug-likeness (QED) is 0.864. The second kappa shape index (κ2) is 4.50. The Hall–Kier alpha value is -0.740. The van der Waals surface area contributed by atoms with Crippen LogP contribution in [0.5, 0.6) is 0 Å². The topological polar surface area (TPSA) is 26.0 Å². The average Bonchev–Trinajstić information content (AvgIpc) is 2.19. The predicted molar refractivity (Wildman–Crippen MR) is 63.2 cm³/mol. The summed E-state index contributed by atoms with van der Waals surface area (Å²) in [5, 5.41) is 0.345. The number of aryl methyl sites for hydroxylation is 1. The van der Waals surface area contributed by atoms with Crippen LogP contribution in [0.3, 0.4) is 0 Å². The van der Waals surface area contributed by atoms with Crippen molar-refractivity contribution in [2.24, 2.45) is 5.73 Å². The van der Waals surface area contributed by atoms with E-state index in [4.69, 9.17) is 17.3 Å². The molecule has 0 heterocycles. The number of hydrogen-bond acceptors (Lipinski definition) is 1. The molecular formula is C12H15ClF3N. The normalized spacial score (nSPS) is 14.8. The standard InChI is InChI=1S/C12H15ClF3N/c1-7-5-4-6-8(9(7)13)11(2,3)10(17)12(14,15)16/h4-6,10H,17H2,1-3H3. The van der Waals surface area contributed by atoms with Crippen molar-refractivity contribution >= 4 is 11.6 Å². The van der Waals surface area contributed by atoms with Gasteiger partial charge in [-0.1, -0.05) is 43.6 Å². The van der Waals surface area contributed by atoms with Gasteiger partial charge in [-0.2, -0.15) is 13.2 Å². The van der Waals surface area contributed by atoms with Crippen LogP contribution < -0.4 is 5.73 Å². The highest BCUT2D eigenvalue weighted by Gasteiger charge is 2.47. The Morgan fingerprint density at radius 2 is 1.76 bits per heavy atom. The molecule has 1 rings (SSSR count). The third-order valence-corrected chi connectivity index (χ3v) is 3.52. The Kier molecular flexibility index (Phi) is 3.79. The molecule has 17 heavy (non-hydrogen) atoms. The lowest BCUT2D eigenvalue weighted by Crippen LogP contribution is -2.51. The lowest BCUT2D eigenvalue weighted by Gasteiger charge is -2.34. The minimum atomic E-state index is -4.45. The van der Waals surface area contributed by atoms with Crippen molar-refractivity contribution in [3.05, 3.63) is 34.3 Å². The molecule has 1 aromatic carbocycles. The maximum absolute atomic E-state index is 12.7. The van der Waals surface area contributed by atoms with E-state index < -0.39 is 17.6 Å². The molecular weight excluding hydrogens is 251 g/mol. The van der Waals surface area contributed by atoms with Crippen LogP contribution in [-0.4, -0.2) is 12.2 Å². The first-order valence-electron chi connectivity index (χ1n) is 5.16. The first-order valence-corrected chi connectivity index (χ1v) is 5.54. The maximum Gasteiger partial charge on any atom is 0.404 e. The SMILES string of the molecule is Cc1cccc(C(C)(C)C(N)C(F)(F)F)c1Cl. The van der Waals surface area contributed by atoms with Crippen molar-refractivity contribution in [2.45, 2.75) is 38.4 Å². The van der Waals surface area contributed by atoms with Crippen LogP contribution in [0.1, 0.15) is 25.0 Å². The molecule has 0 amide bonds. The van der Waals surface area contributed by atoms with Gasteiger partial charge < -0.3 is 5.73 Å². The number of nitrogens with two attached hydrogens (primary N) is 1. The van der Waals surface area contributed by atoms with Gasteiger partial charge in [-0.05, 0) is 18.1 Å². The monoisotopic (exact) mass is 265 g/mol. The molecule has 0 saturated carbocycles. The zero-order valence-electron chi connectivity index (χ0n) is 9.90. The summed E-state index contributed by atoms with van der Waals surface area (Å²) < 4.78 is 38.1. The molecule has 2 N–H and O–H groups in total. The van der Waals surface area contributed by atoms with E-state index >= 15 is 0 Å². The van der Waals surface area contributed by atoms with Gasteiger partial charge in [-0.3, -0.25) is 0 Å². The van der Waals surface area contributed by atoms with E-state index in [-0.39, 0.29) is 0 Å². The Labute approximate surface area is 104 Å². The fraction of sp³-hybridized carbons (Fsp3) is 0.500. The minimum absolute atomic E-state index is 0.345. The van der Waals surface area contributed by atoms with Crippen LogP contribution in [0.4, 0.5) is 13.2 Å². The van der Waals surface area contributed by atoms with Gasteiger partial charge in [0, 0.05) is 10.4 Å². The molecule has 1 unspecified atom stereocenters. The van der Waals surface area contributed by atoms with Crippen molar-refractivity contribution in [1.82, 2.24) is 0 Å².